The van der Waals surface area contributed by atoms with Crippen LogP contribution in [0, 0.1) is 0 Å². The first kappa shape index (κ1) is 16.7. The Bertz CT molecular complexity index is 693. The third kappa shape index (κ3) is 4.15. The number of hydrogen-bond acceptors (Lipinski definition) is 1. The van der Waals surface area contributed by atoms with Gasteiger partial charge in [-0.3, -0.25) is 0 Å². The molecule has 22 heavy (non-hydrogen) atoms. The molecule has 0 radical (unpaired) electrons. The number of urea groups is 1. The quantitative estimate of drug-likeness (QED) is 0.700. The largest absolute Gasteiger partial charge is 0.323 e. The fourth-order valence-electron chi connectivity index (χ4n) is 2.10. The van der Waals surface area contributed by atoms with Crippen molar-refractivity contribution in [1.29, 1.82) is 0 Å². The van der Waals surface area contributed by atoms with Crippen molar-refractivity contribution in [2.24, 2.45) is 0 Å². The minimum Gasteiger partial charge on any atom is -0.308 e. The number of halogens is 2. The average molecular weight is 337 g/mol. The second kappa shape index (κ2) is 6.59. The van der Waals surface area contributed by atoms with Crippen LogP contribution in [0.4, 0.5) is 16.2 Å². The van der Waals surface area contributed by atoms with Gasteiger partial charge in [-0.1, -0.05) is 62.2 Å². The van der Waals surface area contributed by atoms with Crippen molar-refractivity contribution >= 4 is 40.6 Å². The highest BCUT2D eigenvalue weighted by Crippen LogP contribution is 2.29. The van der Waals surface area contributed by atoms with E-state index in [9.17, 15) is 4.79 Å². The fraction of sp³-hybridized carbons (Fsp3) is 0.235. The minimum absolute atomic E-state index is 0.0620. The Hall–Kier alpha value is -1.71. The van der Waals surface area contributed by atoms with Gasteiger partial charge in [-0.15, -0.1) is 0 Å². The van der Waals surface area contributed by atoms with Crippen molar-refractivity contribution < 1.29 is 4.79 Å². The number of carbonyl (C=O) groups excluding carboxylic acids is 1. The van der Waals surface area contributed by atoms with Crippen LogP contribution in [0.15, 0.2) is 42.5 Å². The lowest BCUT2D eigenvalue weighted by Gasteiger charge is -2.23. The van der Waals surface area contributed by atoms with Gasteiger partial charge in [0.15, 0.2) is 0 Å². The summed E-state index contributed by atoms with van der Waals surface area (Å²) in [7, 11) is 0. The summed E-state index contributed by atoms with van der Waals surface area (Å²) in [6, 6.07) is 12.4. The van der Waals surface area contributed by atoms with E-state index in [-0.39, 0.29) is 11.4 Å². The lowest BCUT2D eigenvalue weighted by atomic mass is 9.86. The van der Waals surface area contributed by atoms with Crippen LogP contribution in [0.5, 0.6) is 0 Å². The van der Waals surface area contributed by atoms with Gasteiger partial charge in [-0.2, -0.15) is 0 Å². The van der Waals surface area contributed by atoms with Crippen LogP contribution >= 0.6 is 23.2 Å². The zero-order valence-electron chi connectivity index (χ0n) is 12.7. The summed E-state index contributed by atoms with van der Waals surface area (Å²) < 4.78 is 0. The summed E-state index contributed by atoms with van der Waals surface area (Å²) in [5.41, 5.74) is 2.37. The Kier molecular flexibility index (Phi) is 4.99. The molecule has 0 fully saturated rings. The van der Waals surface area contributed by atoms with E-state index >= 15 is 0 Å². The Balaban J connectivity index is 2.14. The molecule has 0 unspecified atom stereocenters. The van der Waals surface area contributed by atoms with Gasteiger partial charge >= 0.3 is 6.03 Å². The highest BCUT2D eigenvalue weighted by Gasteiger charge is 2.18. The lowest BCUT2D eigenvalue weighted by molar-refractivity contribution is 0.262. The van der Waals surface area contributed by atoms with Crippen LogP contribution in [-0.4, -0.2) is 6.03 Å². The lowest BCUT2D eigenvalue weighted by Crippen LogP contribution is -2.22. The van der Waals surface area contributed by atoms with Crippen molar-refractivity contribution in [1.82, 2.24) is 0 Å². The van der Waals surface area contributed by atoms with Crippen LogP contribution in [0.25, 0.3) is 0 Å². The van der Waals surface area contributed by atoms with Gasteiger partial charge in [0.05, 0.1) is 10.0 Å². The molecule has 0 aliphatic rings. The normalized spacial score (nSPS) is 11.1. The number of carbonyl (C=O) groups is 1. The molecule has 2 aromatic carbocycles. The average Bonchev–Trinajstić information content (AvgIpc) is 2.42. The molecule has 116 valence electrons. The summed E-state index contributed by atoms with van der Waals surface area (Å²) in [6.07, 6.45) is 0. The molecule has 0 aromatic heterocycles. The van der Waals surface area contributed by atoms with Gasteiger partial charge < -0.3 is 10.6 Å². The zero-order valence-corrected chi connectivity index (χ0v) is 14.2. The highest BCUT2D eigenvalue weighted by molar-refractivity contribution is 6.42. The molecule has 5 heteroatoms. The van der Waals surface area contributed by atoms with E-state index in [0.717, 1.165) is 11.3 Å². The summed E-state index contributed by atoms with van der Waals surface area (Å²) in [5.74, 6) is 0. The summed E-state index contributed by atoms with van der Waals surface area (Å²) in [5, 5.41) is 6.46. The third-order valence-electron chi connectivity index (χ3n) is 3.16. The van der Waals surface area contributed by atoms with Crippen LogP contribution in [0.2, 0.25) is 10.0 Å². The maximum atomic E-state index is 12.2. The monoisotopic (exact) mass is 336 g/mol. The van der Waals surface area contributed by atoms with E-state index in [1.165, 1.54) is 0 Å². The van der Waals surface area contributed by atoms with Crippen molar-refractivity contribution in [3.63, 3.8) is 0 Å². The van der Waals surface area contributed by atoms with Crippen molar-refractivity contribution in [2.45, 2.75) is 26.2 Å². The third-order valence-corrected chi connectivity index (χ3v) is 3.90. The van der Waals surface area contributed by atoms with Gasteiger partial charge in [-0.25, -0.2) is 4.79 Å². The summed E-state index contributed by atoms with van der Waals surface area (Å²) >= 11 is 11.8. The molecule has 3 nitrogen and oxygen atoms in total. The first-order chi connectivity index (χ1) is 10.3. The van der Waals surface area contributed by atoms with Crippen molar-refractivity contribution in [2.75, 3.05) is 10.6 Å². The molecular weight excluding hydrogens is 319 g/mol. The fourth-order valence-corrected chi connectivity index (χ4v) is 2.40. The molecule has 2 N–H and O–H groups in total. The van der Waals surface area contributed by atoms with E-state index in [2.05, 4.69) is 31.4 Å². The number of hydrogen-bond donors (Lipinski definition) is 2. The van der Waals surface area contributed by atoms with Crippen LogP contribution in [-0.2, 0) is 5.41 Å². The predicted molar refractivity (Wildman–Crippen MR) is 94.2 cm³/mol. The molecular formula is C17H18Cl2N2O. The Morgan fingerprint density at radius 2 is 1.64 bits per heavy atom. The molecule has 0 bridgehead atoms. The standard InChI is InChI=1S/C17H18Cl2N2O/c1-17(2,3)12-6-4-5-7-15(12)21-16(22)20-11-8-9-13(18)14(19)10-11/h4-10H,1-3H3,(H2,20,21,22). The predicted octanol–water partition coefficient (Wildman–Crippen LogP) is 5.93. The Morgan fingerprint density at radius 3 is 2.27 bits per heavy atom. The number of nitrogens with one attached hydrogen (secondary N) is 2. The van der Waals surface area contributed by atoms with E-state index in [0.29, 0.717) is 15.7 Å². The molecule has 0 aliphatic heterocycles. The molecule has 2 amide bonds. The molecule has 0 heterocycles. The van der Waals surface area contributed by atoms with Gasteiger partial charge in [0, 0.05) is 11.4 Å². The van der Waals surface area contributed by atoms with Crippen LogP contribution < -0.4 is 10.6 Å². The van der Waals surface area contributed by atoms with Gasteiger partial charge in [0.2, 0.25) is 0 Å². The molecule has 2 rings (SSSR count). The number of para-hydroxylation sites is 1. The van der Waals surface area contributed by atoms with Crippen LogP contribution in [0.1, 0.15) is 26.3 Å². The molecule has 0 atom stereocenters. The van der Waals surface area contributed by atoms with E-state index in [1.807, 2.05) is 24.3 Å². The molecule has 0 spiro atoms. The molecule has 0 aliphatic carbocycles. The van der Waals surface area contributed by atoms with Gasteiger partial charge in [0.1, 0.15) is 0 Å². The highest BCUT2D eigenvalue weighted by atomic mass is 35.5. The second-order valence-electron chi connectivity index (χ2n) is 6.00. The number of benzene rings is 2. The maximum Gasteiger partial charge on any atom is 0.323 e. The van der Waals surface area contributed by atoms with Crippen molar-refractivity contribution in [3.05, 3.63) is 58.1 Å². The maximum absolute atomic E-state index is 12.2. The van der Waals surface area contributed by atoms with E-state index < -0.39 is 0 Å². The smallest absolute Gasteiger partial charge is 0.308 e. The van der Waals surface area contributed by atoms with E-state index in [1.54, 1.807) is 18.2 Å². The SMILES string of the molecule is CC(C)(C)c1ccccc1NC(=O)Nc1ccc(Cl)c(Cl)c1. The first-order valence-electron chi connectivity index (χ1n) is 6.90. The first-order valence-corrected chi connectivity index (χ1v) is 7.65. The Labute approximate surface area is 140 Å². The zero-order chi connectivity index (χ0) is 16.3. The second-order valence-corrected chi connectivity index (χ2v) is 6.82. The van der Waals surface area contributed by atoms with Gasteiger partial charge in [0.25, 0.3) is 0 Å². The van der Waals surface area contributed by atoms with E-state index in [4.69, 9.17) is 23.2 Å². The number of anilines is 2. The van der Waals surface area contributed by atoms with Crippen molar-refractivity contribution in [3.8, 4) is 0 Å². The Morgan fingerprint density at radius 1 is 0.955 bits per heavy atom. The summed E-state index contributed by atoms with van der Waals surface area (Å²) in [6.45, 7) is 6.30. The minimum atomic E-state index is -0.324. The van der Waals surface area contributed by atoms with Gasteiger partial charge in [-0.05, 0) is 35.2 Å². The molecule has 2 aromatic rings. The number of rotatable bonds is 2. The van der Waals surface area contributed by atoms with Crippen LogP contribution in [0.3, 0.4) is 0 Å². The molecule has 0 saturated heterocycles. The summed E-state index contributed by atoms with van der Waals surface area (Å²) in [4.78, 5) is 12.2. The molecule has 0 saturated carbocycles. The topological polar surface area (TPSA) is 41.1 Å². The number of amides is 2.